The summed E-state index contributed by atoms with van der Waals surface area (Å²) in [6.45, 7) is 0. The topological polar surface area (TPSA) is 64.1 Å². The van der Waals surface area contributed by atoms with Gasteiger partial charge in [0, 0.05) is 6.04 Å². The molecule has 5 nitrogen and oxygen atoms in total. The maximum atomic E-state index is 12.5. The van der Waals surface area contributed by atoms with Gasteiger partial charge in [-0.2, -0.15) is 0 Å². The van der Waals surface area contributed by atoms with Crippen LogP contribution in [0.2, 0.25) is 5.02 Å². The van der Waals surface area contributed by atoms with E-state index >= 15 is 0 Å². The Kier molecular flexibility index (Phi) is 6.60. The molecule has 0 atom stereocenters. The number of nitrogens with one attached hydrogen (secondary N) is 1. The van der Waals surface area contributed by atoms with Gasteiger partial charge in [0.25, 0.3) is 0 Å². The third-order valence-electron chi connectivity index (χ3n) is 5.33. The molecule has 1 amide bonds. The van der Waals surface area contributed by atoms with Crippen LogP contribution in [0.1, 0.15) is 31.2 Å². The first-order valence-corrected chi connectivity index (χ1v) is 10.6. The number of benzene rings is 2. The maximum absolute atomic E-state index is 12.5. The lowest BCUT2D eigenvalue weighted by molar-refractivity contribution is -0.121. The molecular weight excluding hydrogens is 398 g/mol. The van der Waals surface area contributed by atoms with Crippen molar-refractivity contribution in [3.8, 4) is 17.1 Å². The fourth-order valence-electron chi connectivity index (χ4n) is 3.75. The quantitative estimate of drug-likeness (QED) is 0.618. The molecule has 0 radical (unpaired) electrons. The van der Waals surface area contributed by atoms with Gasteiger partial charge in [-0.05, 0) is 42.4 Å². The largest absolute Gasteiger partial charge is 0.460 e. The van der Waals surface area contributed by atoms with E-state index in [0.717, 1.165) is 36.8 Å². The molecule has 1 aliphatic carbocycles. The number of nitrogens with zero attached hydrogens (tertiary/aromatic N) is 2. The molecule has 0 aliphatic heterocycles. The van der Waals surface area contributed by atoms with Crippen molar-refractivity contribution >= 4 is 17.5 Å². The lowest BCUT2D eigenvalue weighted by Gasteiger charge is -2.28. The molecule has 2 aromatic carbocycles. The van der Waals surface area contributed by atoms with E-state index in [-0.39, 0.29) is 18.1 Å². The number of ether oxygens (including phenoxy) is 1. The van der Waals surface area contributed by atoms with Crippen LogP contribution >= 0.6 is 11.6 Å². The van der Waals surface area contributed by atoms with Crippen molar-refractivity contribution in [1.82, 2.24) is 15.3 Å². The molecule has 1 aromatic heterocycles. The van der Waals surface area contributed by atoms with Crippen molar-refractivity contribution in [3.05, 3.63) is 77.6 Å². The average Bonchev–Trinajstić information content (AvgIpc) is 2.78. The molecule has 4 rings (SSSR count). The van der Waals surface area contributed by atoms with Crippen molar-refractivity contribution in [2.75, 3.05) is 0 Å². The van der Waals surface area contributed by atoms with Crippen molar-refractivity contribution in [2.45, 2.75) is 44.2 Å². The highest BCUT2D eigenvalue weighted by atomic mass is 35.5. The van der Waals surface area contributed by atoms with Crippen LogP contribution < -0.4 is 10.1 Å². The third-order valence-corrected chi connectivity index (χ3v) is 5.53. The van der Waals surface area contributed by atoms with Crippen LogP contribution in [0.15, 0.2) is 67.0 Å². The van der Waals surface area contributed by atoms with Crippen LogP contribution in [0.3, 0.4) is 0 Å². The second kappa shape index (κ2) is 9.72. The summed E-state index contributed by atoms with van der Waals surface area (Å²) in [5.74, 6) is 0.0628. The van der Waals surface area contributed by atoms with E-state index in [2.05, 4.69) is 39.6 Å². The normalized spacial score (nSPS) is 18.6. The van der Waals surface area contributed by atoms with Gasteiger partial charge in [-0.25, -0.2) is 9.97 Å². The van der Waals surface area contributed by atoms with Crippen LogP contribution in [0.25, 0.3) is 11.1 Å². The number of hydrogen-bond acceptors (Lipinski definition) is 4. The monoisotopic (exact) mass is 421 g/mol. The van der Waals surface area contributed by atoms with Crippen molar-refractivity contribution in [2.24, 2.45) is 0 Å². The van der Waals surface area contributed by atoms with E-state index in [4.69, 9.17) is 16.3 Å². The molecule has 30 heavy (non-hydrogen) atoms. The average molecular weight is 422 g/mol. The fraction of sp³-hybridized carbons (Fsp3) is 0.292. The zero-order chi connectivity index (χ0) is 20.8. The minimum atomic E-state index is 0.0628. The maximum Gasteiger partial charge on any atom is 0.316 e. The molecular formula is C24H24ClN3O2. The number of carbonyl (C=O) groups is 1. The number of aromatic nitrogens is 2. The number of hydrogen-bond donors (Lipinski definition) is 1. The molecule has 1 fully saturated rings. The Balaban J connectivity index is 1.22. The van der Waals surface area contributed by atoms with Gasteiger partial charge in [0.1, 0.15) is 6.10 Å². The molecule has 1 saturated carbocycles. The van der Waals surface area contributed by atoms with Crippen molar-refractivity contribution in [3.63, 3.8) is 0 Å². The van der Waals surface area contributed by atoms with E-state index in [1.165, 1.54) is 18.0 Å². The van der Waals surface area contributed by atoms with E-state index in [0.29, 0.717) is 17.5 Å². The van der Waals surface area contributed by atoms with Crippen LogP contribution in [-0.2, 0) is 11.2 Å². The highest BCUT2D eigenvalue weighted by molar-refractivity contribution is 6.30. The Morgan fingerprint density at radius 3 is 2.23 bits per heavy atom. The summed E-state index contributed by atoms with van der Waals surface area (Å²) in [7, 11) is 0. The van der Waals surface area contributed by atoms with E-state index in [1.54, 1.807) is 0 Å². The molecule has 0 saturated heterocycles. The lowest BCUT2D eigenvalue weighted by Crippen LogP contribution is -2.40. The summed E-state index contributed by atoms with van der Waals surface area (Å²) in [6, 6.07) is 19.0. The summed E-state index contributed by atoms with van der Waals surface area (Å²) in [5.41, 5.74) is 3.35. The van der Waals surface area contributed by atoms with Gasteiger partial charge in [0.15, 0.2) is 0 Å². The molecule has 3 aromatic rings. The Morgan fingerprint density at radius 2 is 1.57 bits per heavy atom. The number of halogens is 1. The second-order valence-electron chi connectivity index (χ2n) is 7.58. The van der Waals surface area contributed by atoms with Crippen LogP contribution in [0.5, 0.6) is 6.01 Å². The molecule has 154 valence electrons. The Bertz CT molecular complexity index is 954. The molecule has 1 N–H and O–H groups in total. The SMILES string of the molecule is O=C(Cc1ccc(-c2ccccc2)cc1)NC1CCC(Oc2ncc(Cl)cn2)CC1. The van der Waals surface area contributed by atoms with Crippen LogP contribution in [0.4, 0.5) is 0 Å². The Morgan fingerprint density at radius 1 is 0.933 bits per heavy atom. The highest BCUT2D eigenvalue weighted by Crippen LogP contribution is 2.23. The summed E-state index contributed by atoms with van der Waals surface area (Å²) >= 11 is 5.79. The van der Waals surface area contributed by atoms with Crippen LogP contribution in [-0.4, -0.2) is 28.0 Å². The molecule has 0 spiro atoms. The van der Waals surface area contributed by atoms with Gasteiger partial charge in [-0.1, -0.05) is 66.2 Å². The van der Waals surface area contributed by atoms with Gasteiger partial charge in [0.05, 0.1) is 23.8 Å². The summed E-state index contributed by atoms with van der Waals surface area (Å²) in [6.07, 6.45) is 7.03. The molecule has 6 heteroatoms. The van der Waals surface area contributed by atoms with Gasteiger partial charge < -0.3 is 10.1 Å². The number of rotatable bonds is 6. The summed E-state index contributed by atoms with van der Waals surface area (Å²) < 4.78 is 5.81. The number of carbonyl (C=O) groups excluding carboxylic acids is 1. The van der Waals surface area contributed by atoms with Gasteiger partial charge in [0.2, 0.25) is 5.91 Å². The zero-order valence-electron chi connectivity index (χ0n) is 16.6. The first-order valence-electron chi connectivity index (χ1n) is 10.2. The third kappa shape index (κ3) is 5.57. The van der Waals surface area contributed by atoms with E-state index < -0.39 is 0 Å². The molecule has 0 unspecified atom stereocenters. The smallest absolute Gasteiger partial charge is 0.316 e. The van der Waals surface area contributed by atoms with E-state index in [1.807, 2.05) is 30.3 Å². The minimum Gasteiger partial charge on any atom is -0.460 e. The summed E-state index contributed by atoms with van der Waals surface area (Å²) in [5, 5.41) is 3.65. The first-order chi connectivity index (χ1) is 14.7. The fourth-order valence-corrected chi connectivity index (χ4v) is 3.84. The van der Waals surface area contributed by atoms with Gasteiger partial charge in [-0.3, -0.25) is 4.79 Å². The Labute approximate surface area is 181 Å². The predicted octanol–water partition coefficient (Wildman–Crippen LogP) is 4.85. The zero-order valence-corrected chi connectivity index (χ0v) is 17.4. The first kappa shape index (κ1) is 20.4. The lowest BCUT2D eigenvalue weighted by atomic mass is 9.92. The van der Waals surface area contributed by atoms with Gasteiger partial charge in [-0.15, -0.1) is 0 Å². The molecule has 0 bridgehead atoms. The summed E-state index contributed by atoms with van der Waals surface area (Å²) in [4.78, 5) is 20.6. The Hall–Kier alpha value is -2.92. The molecule has 1 aliphatic rings. The minimum absolute atomic E-state index is 0.0628. The van der Waals surface area contributed by atoms with Crippen molar-refractivity contribution < 1.29 is 9.53 Å². The van der Waals surface area contributed by atoms with Gasteiger partial charge >= 0.3 is 6.01 Å². The predicted molar refractivity (Wildman–Crippen MR) is 117 cm³/mol. The molecule has 1 heterocycles. The van der Waals surface area contributed by atoms with Crippen LogP contribution in [0, 0.1) is 0 Å². The standard InChI is InChI=1S/C24H24ClN3O2/c25-20-15-26-24(27-16-20)30-22-12-10-21(11-13-22)28-23(29)14-17-6-8-19(9-7-17)18-4-2-1-3-5-18/h1-9,15-16,21-22H,10-14H2,(H,28,29). The second-order valence-corrected chi connectivity index (χ2v) is 8.02. The van der Waals surface area contributed by atoms with Crippen molar-refractivity contribution in [1.29, 1.82) is 0 Å². The highest BCUT2D eigenvalue weighted by Gasteiger charge is 2.24. The number of amides is 1. The van der Waals surface area contributed by atoms with E-state index in [9.17, 15) is 4.79 Å².